The molecule has 1 unspecified atom stereocenters. The largest absolute Gasteiger partial charge is 2.00 e. The molecule has 0 bridgehead atoms. The zero-order valence-corrected chi connectivity index (χ0v) is 30.3. The monoisotopic (exact) mass is 811 g/mol. The smallest absolute Gasteiger partial charge is 0.327 e. The molecule has 2 saturated heterocycles. The minimum absolute atomic E-state index is 0. The molecule has 1 radical (unpaired) electrons. The van der Waals surface area contributed by atoms with Crippen LogP contribution in [-0.4, -0.2) is 91.0 Å². The molecule has 0 aliphatic carbocycles. The normalized spacial score (nSPS) is 19.0. The minimum Gasteiger partial charge on any atom is -0.327 e. The second-order valence-electron chi connectivity index (χ2n) is 11.7. The third kappa shape index (κ3) is 10.2. The predicted octanol–water partition coefficient (Wildman–Crippen LogP) is 5.84. The van der Waals surface area contributed by atoms with Gasteiger partial charge < -0.3 is 9.13 Å². The summed E-state index contributed by atoms with van der Waals surface area (Å²) < 4.78 is 120. The number of fused-ring (bicyclic) bond motifs is 2. The first-order valence-electron chi connectivity index (χ1n) is 15.7. The van der Waals surface area contributed by atoms with Crippen LogP contribution in [0.3, 0.4) is 0 Å². The molecule has 283 valence electrons. The van der Waals surface area contributed by atoms with Crippen LogP contribution in [0, 0.1) is 0 Å². The molecule has 0 saturated carbocycles. The van der Waals surface area contributed by atoms with Gasteiger partial charge in [0.1, 0.15) is 11.6 Å². The van der Waals surface area contributed by atoms with Gasteiger partial charge in [-0.25, -0.2) is 9.97 Å². The predicted molar refractivity (Wildman–Crippen MR) is 173 cm³/mol. The van der Waals surface area contributed by atoms with Crippen molar-refractivity contribution in [3.63, 3.8) is 0 Å². The van der Waals surface area contributed by atoms with E-state index in [0.717, 1.165) is 37.2 Å². The summed E-state index contributed by atoms with van der Waals surface area (Å²) in [5, 5.41) is 0. The Hall–Kier alpha value is -2.78. The summed E-state index contributed by atoms with van der Waals surface area (Å²) >= 11 is 0. The molecule has 2 aliphatic rings. The summed E-state index contributed by atoms with van der Waals surface area (Å²) in [5.41, 5.74) is -6.31. The van der Waals surface area contributed by atoms with E-state index in [0.29, 0.717) is 12.1 Å². The van der Waals surface area contributed by atoms with Crippen molar-refractivity contribution in [3.05, 3.63) is 60.2 Å². The molecule has 2 atom stereocenters. The van der Waals surface area contributed by atoms with Gasteiger partial charge >= 0.3 is 48.3 Å². The second kappa shape index (κ2) is 16.9. The summed E-state index contributed by atoms with van der Waals surface area (Å²) in [7, 11) is -11.7. The van der Waals surface area contributed by atoms with Gasteiger partial charge in [0.25, 0.3) is 0 Å². The van der Waals surface area contributed by atoms with Crippen LogP contribution < -0.4 is 0 Å². The van der Waals surface area contributed by atoms with Crippen molar-refractivity contribution >= 4 is 42.3 Å². The van der Waals surface area contributed by atoms with Crippen molar-refractivity contribution in [2.24, 2.45) is 0 Å². The second-order valence-corrected chi connectivity index (χ2v) is 14.5. The van der Waals surface area contributed by atoms with Crippen LogP contribution >= 0.6 is 0 Å². The third-order valence-corrected chi connectivity index (χ3v) is 9.82. The summed E-state index contributed by atoms with van der Waals surface area (Å²) in [5.74, 6) is 2.43. The number of para-hydroxylation sites is 4. The molecular formula is C30H38F6MnN6O6S2+2. The van der Waals surface area contributed by atoms with E-state index in [2.05, 4.69) is 81.3 Å². The van der Waals surface area contributed by atoms with Crippen molar-refractivity contribution in [1.82, 2.24) is 28.9 Å². The summed E-state index contributed by atoms with van der Waals surface area (Å²) in [6.45, 7) is 10.7. The summed E-state index contributed by atoms with van der Waals surface area (Å²) in [6.07, 6.45) is 5.15. The van der Waals surface area contributed by atoms with Gasteiger partial charge in [0.2, 0.25) is 0 Å². The fourth-order valence-corrected chi connectivity index (χ4v) is 6.53. The molecule has 0 amide bonds. The molecule has 21 heteroatoms. The van der Waals surface area contributed by atoms with Gasteiger partial charge in [0.05, 0.1) is 35.2 Å². The molecular weight excluding hydrogens is 773 g/mol. The molecule has 4 aromatic rings. The first-order chi connectivity index (χ1) is 23.3. The van der Waals surface area contributed by atoms with E-state index in [1.165, 1.54) is 61.5 Å². The number of nitrogens with zero attached hydrogens (tertiary/aromatic N) is 6. The number of aryl methyl sites for hydroxylation is 2. The number of hydrogen-bond donors (Lipinski definition) is 2. The van der Waals surface area contributed by atoms with E-state index in [1.807, 2.05) is 0 Å². The average Bonchev–Trinajstić information content (AvgIpc) is 3.80. The SMILES string of the molecule is CCn1c(CN2CCCC2[C@H]2CCCN2Cc2nc3ccccc3n2CC)nc2ccccc21.O=S(=O)(O)C(F)(F)F.O=S(=O)(O)C(F)(F)F.[Mn+2]. The minimum atomic E-state index is -5.84. The third-order valence-electron chi connectivity index (χ3n) is 8.65. The molecule has 2 N–H and O–H groups in total. The Kier molecular flexibility index (Phi) is 14.1. The standard InChI is InChI=1S/C28H36N6.2CHF3O3S.Mn/c1-3-33-23-13-7-5-11-21(23)29-27(33)19-31-17-9-15-25(31)26-16-10-18-32(26)20-28-30-22-12-6-8-14-24(22)34(28)4-2;2*2-1(3,4)8(5,6)7;/h5-8,11-14,25-26H,3-4,9-10,15-20H2,1-2H3;2*(H,5,6,7);/q;;;+2/t25-,26?;;;/m1.../s1. The molecule has 2 aromatic heterocycles. The molecule has 2 fully saturated rings. The van der Waals surface area contributed by atoms with E-state index >= 15 is 0 Å². The van der Waals surface area contributed by atoms with Gasteiger partial charge in [-0.2, -0.15) is 43.2 Å². The fraction of sp³-hybridized carbons (Fsp3) is 0.533. The van der Waals surface area contributed by atoms with Gasteiger partial charge in [0.15, 0.2) is 0 Å². The topological polar surface area (TPSA) is 151 Å². The Labute approximate surface area is 301 Å². The molecule has 0 spiro atoms. The molecule has 6 rings (SSSR count). The first-order valence-corrected chi connectivity index (χ1v) is 18.6. The van der Waals surface area contributed by atoms with Gasteiger partial charge in [-0.15, -0.1) is 0 Å². The van der Waals surface area contributed by atoms with Gasteiger partial charge in [-0.05, 0) is 76.9 Å². The Morgan fingerprint density at radius 2 is 0.980 bits per heavy atom. The van der Waals surface area contributed by atoms with Crippen LogP contribution in [0.2, 0.25) is 0 Å². The number of likely N-dealkylation sites (tertiary alicyclic amines) is 2. The van der Waals surface area contributed by atoms with Gasteiger partial charge in [0, 0.05) is 25.2 Å². The fourth-order valence-electron chi connectivity index (χ4n) is 6.53. The zero-order chi connectivity index (χ0) is 37.1. The number of aromatic nitrogens is 4. The van der Waals surface area contributed by atoms with Crippen LogP contribution in [0.25, 0.3) is 22.1 Å². The Morgan fingerprint density at radius 1 is 0.667 bits per heavy atom. The maximum absolute atomic E-state index is 10.7. The number of benzene rings is 2. The van der Waals surface area contributed by atoms with E-state index < -0.39 is 31.3 Å². The first kappa shape index (κ1) is 42.6. The maximum Gasteiger partial charge on any atom is 2.00 e. The van der Waals surface area contributed by atoms with Crippen molar-refractivity contribution in [2.45, 2.75) is 88.8 Å². The molecule has 2 aromatic carbocycles. The number of alkyl halides is 6. The molecule has 4 heterocycles. The van der Waals surface area contributed by atoms with Gasteiger partial charge in [-0.3, -0.25) is 18.9 Å². The number of rotatable bonds is 7. The van der Waals surface area contributed by atoms with E-state index in [4.69, 9.17) is 35.9 Å². The van der Waals surface area contributed by atoms with Crippen LogP contribution in [0.5, 0.6) is 0 Å². The average molecular weight is 812 g/mol. The summed E-state index contributed by atoms with van der Waals surface area (Å²) in [4.78, 5) is 15.5. The zero-order valence-electron chi connectivity index (χ0n) is 27.5. The Bertz CT molecular complexity index is 1850. The maximum atomic E-state index is 10.7. The van der Waals surface area contributed by atoms with Crippen LogP contribution in [0.15, 0.2) is 48.5 Å². The van der Waals surface area contributed by atoms with E-state index in [-0.39, 0.29) is 17.1 Å². The Balaban J connectivity index is 0.000000347. The van der Waals surface area contributed by atoms with Crippen LogP contribution in [0.4, 0.5) is 26.3 Å². The van der Waals surface area contributed by atoms with Crippen molar-refractivity contribution < 1.29 is 69.4 Å². The summed E-state index contributed by atoms with van der Waals surface area (Å²) in [6, 6.07) is 18.3. The number of hydrogen-bond acceptors (Lipinski definition) is 8. The van der Waals surface area contributed by atoms with Crippen LogP contribution in [0.1, 0.15) is 51.2 Å². The van der Waals surface area contributed by atoms with Crippen LogP contribution in [-0.2, 0) is 63.5 Å². The van der Waals surface area contributed by atoms with Gasteiger partial charge in [-0.1, -0.05) is 24.3 Å². The molecule has 51 heavy (non-hydrogen) atoms. The molecule has 2 aliphatic heterocycles. The van der Waals surface area contributed by atoms with Crippen molar-refractivity contribution in [3.8, 4) is 0 Å². The van der Waals surface area contributed by atoms with E-state index in [9.17, 15) is 26.3 Å². The number of halogens is 6. The van der Waals surface area contributed by atoms with Crippen molar-refractivity contribution in [2.75, 3.05) is 13.1 Å². The van der Waals surface area contributed by atoms with Crippen molar-refractivity contribution in [1.29, 1.82) is 0 Å². The quantitative estimate of drug-likeness (QED) is 0.101. The number of imidazole rings is 2. The van der Waals surface area contributed by atoms with E-state index in [1.54, 1.807) is 0 Å². The molecule has 12 nitrogen and oxygen atoms in total. The Morgan fingerprint density at radius 3 is 1.27 bits per heavy atom.